The quantitative estimate of drug-likeness (QED) is 0.620. The zero-order valence-electron chi connectivity index (χ0n) is 25.0. The molecule has 0 aromatic carbocycles. The van der Waals surface area contributed by atoms with Crippen LogP contribution in [0.4, 0.5) is 0 Å². The van der Waals surface area contributed by atoms with Gasteiger partial charge in [0.25, 0.3) is 0 Å². The molecule has 4 aliphatic heterocycles. The maximum Gasteiger partial charge on any atom is 0.0594 e. The summed E-state index contributed by atoms with van der Waals surface area (Å²) >= 11 is 0. The Hall–Kier alpha value is -0.240. The minimum atomic E-state index is 0.689. The Morgan fingerprint density at radius 3 is 1.03 bits per heavy atom. The Morgan fingerprint density at radius 1 is 0.429 bits per heavy atom. The smallest absolute Gasteiger partial charge is 0.0594 e. The number of nitrogens with zero attached hydrogens (tertiary/aromatic N) is 4. The molecule has 0 bridgehead atoms. The second kappa shape index (κ2) is 19.8. The maximum atomic E-state index is 5.21. The molecular weight excluding hydrogens is 434 g/mol. The number of morpholine rings is 1. The molecule has 6 heteroatoms. The van der Waals surface area contributed by atoms with E-state index < -0.39 is 0 Å². The molecule has 1 N–H and O–H groups in total. The molecule has 210 valence electrons. The summed E-state index contributed by atoms with van der Waals surface area (Å²) in [6.45, 7) is 32.2. The van der Waals surface area contributed by atoms with E-state index in [0.717, 1.165) is 57.5 Å². The fraction of sp³-hybridized carbons (Fsp3) is 1.00. The van der Waals surface area contributed by atoms with Crippen molar-refractivity contribution >= 4 is 0 Å². The third kappa shape index (κ3) is 15.6. The van der Waals surface area contributed by atoms with Crippen LogP contribution >= 0.6 is 0 Å². The lowest BCUT2D eigenvalue weighted by Crippen LogP contribution is -2.46. The standard InChI is InChI=1S/C8H17N.C7H16N2.C7H15NO.C7H15N/c1-8(2)9-6-4-3-5-7-9;1-7(2)9-5-3-8-4-6-9;1-7(2)8-3-5-9-6-4-8;1-7(2)8-5-3-4-6-8/h8H,3-7H2,1-2H3;7-8H,3-6H2,1-2H3;7H,3-6H2,1-2H3;7H,3-6H2,1-2H3. The first-order valence-corrected chi connectivity index (χ1v) is 15.0. The van der Waals surface area contributed by atoms with Gasteiger partial charge in [0.1, 0.15) is 0 Å². The summed E-state index contributed by atoms with van der Waals surface area (Å²) in [5.74, 6) is 0. The second-order valence-corrected chi connectivity index (χ2v) is 11.6. The SMILES string of the molecule is CC(C)N1CCCC1.CC(C)N1CCCCC1.CC(C)N1CCNCC1.CC(C)N1CCOCC1. The third-order valence-electron chi connectivity index (χ3n) is 7.65. The van der Waals surface area contributed by atoms with Gasteiger partial charge in [-0.25, -0.2) is 0 Å². The summed E-state index contributed by atoms with van der Waals surface area (Å²) in [5.41, 5.74) is 0. The van der Waals surface area contributed by atoms with E-state index in [0.29, 0.717) is 6.04 Å². The average molecular weight is 498 g/mol. The van der Waals surface area contributed by atoms with Gasteiger partial charge in [-0.15, -0.1) is 0 Å². The lowest BCUT2D eigenvalue weighted by molar-refractivity contribution is 0.0238. The Kier molecular flexibility index (Phi) is 18.6. The van der Waals surface area contributed by atoms with Gasteiger partial charge in [-0.3, -0.25) is 9.80 Å². The fourth-order valence-corrected chi connectivity index (χ4v) is 4.99. The number of rotatable bonds is 4. The van der Waals surface area contributed by atoms with Crippen LogP contribution in [0.5, 0.6) is 0 Å². The normalized spacial score (nSPS) is 23.0. The lowest BCUT2D eigenvalue weighted by atomic mass is 10.1. The topological polar surface area (TPSA) is 34.2 Å². The monoisotopic (exact) mass is 498 g/mol. The number of piperazine rings is 1. The number of piperidine rings is 1. The molecule has 0 saturated carbocycles. The third-order valence-corrected chi connectivity index (χ3v) is 7.65. The van der Waals surface area contributed by atoms with Crippen LogP contribution in [-0.4, -0.2) is 122 Å². The van der Waals surface area contributed by atoms with Crippen LogP contribution in [0.3, 0.4) is 0 Å². The molecule has 0 aromatic heterocycles. The highest BCUT2D eigenvalue weighted by Crippen LogP contribution is 2.11. The zero-order chi connectivity index (χ0) is 26.1. The molecule has 4 aliphatic rings. The van der Waals surface area contributed by atoms with Gasteiger partial charge in [0.05, 0.1) is 13.2 Å². The molecule has 0 spiro atoms. The number of nitrogens with one attached hydrogen (secondary N) is 1. The molecule has 4 rings (SSSR count). The van der Waals surface area contributed by atoms with E-state index in [9.17, 15) is 0 Å². The lowest BCUT2D eigenvalue weighted by Gasteiger charge is -2.30. The Balaban J connectivity index is 0.000000234. The van der Waals surface area contributed by atoms with Gasteiger partial charge in [-0.05, 0) is 107 Å². The summed E-state index contributed by atoms with van der Waals surface area (Å²) in [4.78, 5) is 10.0. The number of ether oxygens (including phenoxy) is 1. The zero-order valence-corrected chi connectivity index (χ0v) is 25.0. The van der Waals surface area contributed by atoms with Crippen LogP contribution in [0.2, 0.25) is 0 Å². The van der Waals surface area contributed by atoms with Crippen LogP contribution in [0.25, 0.3) is 0 Å². The van der Waals surface area contributed by atoms with Gasteiger partial charge in [-0.1, -0.05) is 6.42 Å². The first-order chi connectivity index (χ1) is 16.7. The molecule has 0 aromatic rings. The molecule has 35 heavy (non-hydrogen) atoms. The van der Waals surface area contributed by atoms with E-state index in [2.05, 4.69) is 80.3 Å². The van der Waals surface area contributed by atoms with Crippen molar-refractivity contribution in [2.24, 2.45) is 0 Å². The highest BCUT2D eigenvalue weighted by atomic mass is 16.5. The van der Waals surface area contributed by atoms with E-state index in [1.807, 2.05) is 0 Å². The maximum absolute atomic E-state index is 5.21. The van der Waals surface area contributed by atoms with Crippen molar-refractivity contribution in [1.82, 2.24) is 24.9 Å². The van der Waals surface area contributed by atoms with Crippen LogP contribution < -0.4 is 5.32 Å². The molecule has 4 fully saturated rings. The average Bonchev–Trinajstić information content (AvgIpc) is 3.43. The minimum Gasteiger partial charge on any atom is -0.379 e. The minimum absolute atomic E-state index is 0.689. The van der Waals surface area contributed by atoms with Crippen LogP contribution in [-0.2, 0) is 4.74 Å². The van der Waals surface area contributed by atoms with Crippen molar-refractivity contribution in [3.63, 3.8) is 0 Å². The van der Waals surface area contributed by atoms with Crippen LogP contribution in [0, 0.1) is 0 Å². The molecule has 0 atom stereocenters. The Labute approximate surface area is 220 Å². The molecule has 0 radical (unpaired) electrons. The molecular formula is C29H63N5O. The summed E-state index contributed by atoms with van der Waals surface area (Å²) < 4.78 is 5.21. The van der Waals surface area contributed by atoms with Gasteiger partial charge < -0.3 is 19.9 Å². The predicted octanol–water partition coefficient (Wildman–Crippen LogP) is 4.40. The summed E-state index contributed by atoms with van der Waals surface area (Å²) in [7, 11) is 0. The molecule has 4 heterocycles. The first kappa shape index (κ1) is 32.8. The molecule has 0 amide bonds. The predicted molar refractivity (Wildman–Crippen MR) is 154 cm³/mol. The highest BCUT2D eigenvalue weighted by molar-refractivity contribution is 4.70. The Morgan fingerprint density at radius 2 is 0.743 bits per heavy atom. The van der Waals surface area contributed by atoms with Gasteiger partial charge in [0, 0.05) is 63.4 Å². The van der Waals surface area contributed by atoms with Crippen LogP contribution in [0.15, 0.2) is 0 Å². The number of likely N-dealkylation sites (tertiary alicyclic amines) is 2. The molecule has 4 saturated heterocycles. The van der Waals surface area contributed by atoms with Gasteiger partial charge in [0.2, 0.25) is 0 Å². The number of hydrogen-bond donors (Lipinski definition) is 1. The second-order valence-electron chi connectivity index (χ2n) is 11.6. The van der Waals surface area contributed by atoms with Gasteiger partial charge in [-0.2, -0.15) is 0 Å². The van der Waals surface area contributed by atoms with Crippen molar-refractivity contribution in [2.45, 2.75) is 112 Å². The highest BCUT2D eigenvalue weighted by Gasteiger charge is 2.14. The summed E-state index contributed by atoms with van der Waals surface area (Å²) in [6.07, 6.45) is 7.11. The van der Waals surface area contributed by atoms with Crippen LogP contribution in [0.1, 0.15) is 87.5 Å². The van der Waals surface area contributed by atoms with Crippen molar-refractivity contribution < 1.29 is 4.74 Å². The molecule has 6 nitrogen and oxygen atoms in total. The van der Waals surface area contributed by atoms with E-state index in [4.69, 9.17) is 4.74 Å². The summed E-state index contributed by atoms with van der Waals surface area (Å²) in [5, 5.41) is 3.33. The van der Waals surface area contributed by atoms with Gasteiger partial charge >= 0.3 is 0 Å². The van der Waals surface area contributed by atoms with E-state index in [-0.39, 0.29) is 0 Å². The van der Waals surface area contributed by atoms with Gasteiger partial charge in [0.15, 0.2) is 0 Å². The van der Waals surface area contributed by atoms with Crippen molar-refractivity contribution in [1.29, 1.82) is 0 Å². The molecule has 0 aliphatic carbocycles. The van der Waals surface area contributed by atoms with Crippen molar-refractivity contribution in [3.05, 3.63) is 0 Å². The van der Waals surface area contributed by atoms with E-state index in [1.165, 1.54) is 71.4 Å². The number of hydrogen-bond acceptors (Lipinski definition) is 6. The summed E-state index contributed by atoms with van der Waals surface area (Å²) in [6, 6.07) is 2.96. The van der Waals surface area contributed by atoms with Crippen molar-refractivity contribution in [3.8, 4) is 0 Å². The van der Waals surface area contributed by atoms with E-state index in [1.54, 1.807) is 0 Å². The fourth-order valence-electron chi connectivity index (χ4n) is 4.99. The molecule has 0 unspecified atom stereocenters. The Bertz CT molecular complexity index is 409. The van der Waals surface area contributed by atoms with E-state index >= 15 is 0 Å². The van der Waals surface area contributed by atoms with Crippen molar-refractivity contribution in [2.75, 3.05) is 78.7 Å². The largest absolute Gasteiger partial charge is 0.379 e. The first-order valence-electron chi connectivity index (χ1n) is 15.0.